The highest BCUT2D eigenvalue weighted by Crippen LogP contribution is 2.28. The molecule has 9 nitrogen and oxygen atoms in total. The third kappa shape index (κ3) is 3.81. The summed E-state index contributed by atoms with van der Waals surface area (Å²) in [5.74, 6) is -0.465. The number of nitriles is 1. The van der Waals surface area contributed by atoms with Crippen molar-refractivity contribution in [1.82, 2.24) is 10.6 Å². The van der Waals surface area contributed by atoms with Crippen LogP contribution in [0.3, 0.4) is 0 Å². The van der Waals surface area contributed by atoms with Crippen molar-refractivity contribution in [2.75, 3.05) is 5.32 Å². The Morgan fingerprint density at radius 2 is 1.82 bits per heavy atom. The van der Waals surface area contributed by atoms with E-state index in [-0.39, 0.29) is 5.69 Å². The zero-order chi connectivity index (χ0) is 20.3. The van der Waals surface area contributed by atoms with Gasteiger partial charge in [-0.25, -0.2) is 4.79 Å². The van der Waals surface area contributed by atoms with Crippen LogP contribution in [0.2, 0.25) is 0 Å². The van der Waals surface area contributed by atoms with Crippen LogP contribution in [0.5, 0.6) is 0 Å². The topological polar surface area (TPSA) is 137 Å². The highest BCUT2D eigenvalue weighted by molar-refractivity contribution is 6.06. The van der Waals surface area contributed by atoms with Gasteiger partial charge in [0.25, 0.3) is 11.6 Å². The molecule has 1 aliphatic rings. The molecule has 0 aliphatic carbocycles. The Morgan fingerprint density at radius 1 is 1.18 bits per heavy atom. The lowest BCUT2D eigenvalue weighted by Crippen LogP contribution is -2.45. The predicted molar refractivity (Wildman–Crippen MR) is 100.0 cm³/mol. The second-order valence-electron chi connectivity index (χ2n) is 6.06. The number of benzene rings is 2. The number of hydrogen-bond donors (Lipinski definition) is 3. The summed E-state index contributed by atoms with van der Waals surface area (Å²) in [6, 6.07) is 12.8. The van der Waals surface area contributed by atoms with Gasteiger partial charge in [-0.05, 0) is 36.8 Å². The molecule has 1 aliphatic heterocycles. The van der Waals surface area contributed by atoms with Crippen molar-refractivity contribution < 1.29 is 14.5 Å². The molecule has 1 heterocycles. The molecular formula is C19H15N5O4. The van der Waals surface area contributed by atoms with Gasteiger partial charge in [-0.15, -0.1) is 0 Å². The highest BCUT2D eigenvalue weighted by atomic mass is 16.6. The molecule has 0 radical (unpaired) electrons. The van der Waals surface area contributed by atoms with Gasteiger partial charge in [-0.3, -0.25) is 14.9 Å². The SMILES string of the molecule is CC1=C(C(=O)Nc2ccc([N+](=O)[O-])cc2)C(c2ccc(C#N)cc2)NC(=O)N1. The molecule has 0 saturated carbocycles. The summed E-state index contributed by atoms with van der Waals surface area (Å²) in [6.07, 6.45) is 0. The van der Waals surface area contributed by atoms with E-state index in [1.165, 1.54) is 24.3 Å². The number of nitrogens with zero attached hydrogens (tertiary/aromatic N) is 2. The fourth-order valence-corrected chi connectivity index (χ4v) is 2.86. The fourth-order valence-electron chi connectivity index (χ4n) is 2.86. The minimum absolute atomic E-state index is 0.0875. The van der Waals surface area contributed by atoms with E-state index in [4.69, 9.17) is 5.26 Å². The van der Waals surface area contributed by atoms with Gasteiger partial charge in [-0.2, -0.15) is 5.26 Å². The molecule has 0 aromatic heterocycles. The molecule has 0 fully saturated rings. The smallest absolute Gasteiger partial charge is 0.319 e. The molecule has 140 valence electrons. The third-order valence-electron chi connectivity index (χ3n) is 4.22. The zero-order valence-electron chi connectivity index (χ0n) is 14.7. The maximum atomic E-state index is 12.9. The number of hydrogen-bond acceptors (Lipinski definition) is 5. The van der Waals surface area contributed by atoms with Crippen molar-refractivity contribution in [2.24, 2.45) is 0 Å². The Labute approximate surface area is 159 Å². The largest absolute Gasteiger partial charge is 0.327 e. The van der Waals surface area contributed by atoms with Crippen molar-refractivity contribution in [3.8, 4) is 6.07 Å². The molecule has 0 spiro atoms. The van der Waals surface area contributed by atoms with E-state index in [1.54, 1.807) is 31.2 Å². The molecule has 9 heteroatoms. The number of non-ortho nitro benzene ring substituents is 1. The molecular weight excluding hydrogens is 362 g/mol. The van der Waals surface area contributed by atoms with E-state index < -0.39 is 22.9 Å². The van der Waals surface area contributed by atoms with Crippen molar-refractivity contribution in [1.29, 1.82) is 5.26 Å². The lowest BCUT2D eigenvalue weighted by molar-refractivity contribution is -0.384. The number of nitrogens with one attached hydrogen (secondary N) is 3. The first-order valence-corrected chi connectivity index (χ1v) is 8.23. The molecule has 28 heavy (non-hydrogen) atoms. The van der Waals surface area contributed by atoms with E-state index in [9.17, 15) is 19.7 Å². The number of rotatable bonds is 4. The van der Waals surface area contributed by atoms with Gasteiger partial charge >= 0.3 is 6.03 Å². The first kappa shape index (κ1) is 18.6. The number of carbonyl (C=O) groups excluding carboxylic acids is 2. The van der Waals surface area contributed by atoms with Crippen LogP contribution in [0, 0.1) is 21.4 Å². The first-order valence-electron chi connectivity index (χ1n) is 8.23. The lowest BCUT2D eigenvalue weighted by Gasteiger charge is -2.28. The van der Waals surface area contributed by atoms with E-state index >= 15 is 0 Å². The molecule has 3 N–H and O–H groups in total. The maximum absolute atomic E-state index is 12.9. The van der Waals surface area contributed by atoms with E-state index in [2.05, 4.69) is 16.0 Å². The van der Waals surface area contributed by atoms with Gasteiger partial charge < -0.3 is 16.0 Å². The Bertz CT molecular complexity index is 1020. The van der Waals surface area contributed by atoms with Gasteiger partial charge in [0, 0.05) is 23.5 Å². The predicted octanol–water partition coefficient (Wildman–Crippen LogP) is 2.73. The molecule has 2 aromatic rings. The Balaban J connectivity index is 1.89. The highest BCUT2D eigenvalue weighted by Gasteiger charge is 2.31. The zero-order valence-corrected chi connectivity index (χ0v) is 14.7. The van der Waals surface area contributed by atoms with Crippen LogP contribution in [0.1, 0.15) is 24.1 Å². The quantitative estimate of drug-likeness (QED) is 0.556. The van der Waals surface area contributed by atoms with Crippen molar-refractivity contribution in [3.05, 3.63) is 81.0 Å². The summed E-state index contributed by atoms with van der Waals surface area (Å²) in [6.45, 7) is 1.61. The number of amides is 3. The second kappa shape index (κ2) is 7.59. The van der Waals surface area contributed by atoms with Crippen LogP contribution >= 0.6 is 0 Å². The van der Waals surface area contributed by atoms with Gasteiger partial charge in [0.2, 0.25) is 0 Å². The number of nitro benzene ring substituents is 1. The van der Waals surface area contributed by atoms with Gasteiger partial charge in [0.15, 0.2) is 0 Å². The van der Waals surface area contributed by atoms with Crippen LogP contribution < -0.4 is 16.0 Å². The van der Waals surface area contributed by atoms with Crippen molar-refractivity contribution >= 4 is 23.3 Å². The minimum Gasteiger partial charge on any atom is -0.327 e. The average Bonchev–Trinajstić information content (AvgIpc) is 2.67. The number of carbonyl (C=O) groups is 2. The van der Waals surface area contributed by atoms with E-state index in [0.29, 0.717) is 28.1 Å². The lowest BCUT2D eigenvalue weighted by atomic mass is 9.94. The summed E-state index contributed by atoms with van der Waals surface area (Å²) in [7, 11) is 0. The van der Waals surface area contributed by atoms with Gasteiger partial charge in [-0.1, -0.05) is 12.1 Å². The Kier molecular flexibility index (Phi) is 5.04. The summed E-state index contributed by atoms with van der Waals surface area (Å²) in [5, 5.41) is 27.6. The molecule has 1 atom stereocenters. The number of anilines is 1. The number of nitro groups is 1. The summed E-state index contributed by atoms with van der Waals surface area (Å²) in [5.41, 5.74) is 2.07. The number of allylic oxidation sites excluding steroid dienone is 1. The Hall–Kier alpha value is -4.19. The monoisotopic (exact) mass is 377 g/mol. The summed E-state index contributed by atoms with van der Waals surface area (Å²) in [4.78, 5) is 35.0. The van der Waals surface area contributed by atoms with E-state index in [0.717, 1.165) is 0 Å². The molecule has 3 amide bonds. The summed E-state index contributed by atoms with van der Waals surface area (Å²) >= 11 is 0. The van der Waals surface area contributed by atoms with E-state index in [1.807, 2.05) is 6.07 Å². The molecule has 0 bridgehead atoms. The average molecular weight is 377 g/mol. The van der Waals surface area contributed by atoms with Crippen LogP contribution in [0.4, 0.5) is 16.2 Å². The van der Waals surface area contributed by atoms with Crippen LogP contribution in [0.15, 0.2) is 59.8 Å². The third-order valence-corrected chi connectivity index (χ3v) is 4.22. The normalized spacial score (nSPS) is 15.9. The molecule has 3 rings (SSSR count). The minimum atomic E-state index is -0.709. The standard InChI is InChI=1S/C19H15N5O4/c1-11-16(18(25)22-14-6-8-15(9-7-14)24(27)28)17(23-19(26)21-11)13-4-2-12(10-20)3-5-13/h2-9,17H,1H3,(H,22,25)(H2,21,23,26). The molecule has 2 aromatic carbocycles. The molecule has 1 unspecified atom stereocenters. The van der Waals surface area contributed by atoms with Crippen molar-refractivity contribution in [3.63, 3.8) is 0 Å². The summed E-state index contributed by atoms with van der Waals surface area (Å²) < 4.78 is 0. The van der Waals surface area contributed by atoms with Crippen LogP contribution in [0.25, 0.3) is 0 Å². The maximum Gasteiger partial charge on any atom is 0.319 e. The fraction of sp³-hybridized carbons (Fsp3) is 0.105. The Morgan fingerprint density at radius 3 is 2.39 bits per heavy atom. The van der Waals surface area contributed by atoms with Crippen molar-refractivity contribution in [2.45, 2.75) is 13.0 Å². The molecule has 0 saturated heterocycles. The van der Waals surface area contributed by atoms with Gasteiger partial charge in [0.1, 0.15) is 0 Å². The van der Waals surface area contributed by atoms with Gasteiger partial charge in [0.05, 0.1) is 28.2 Å². The second-order valence-corrected chi connectivity index (χ2v) is 6.06. The van der Waals surface area contributed by atoms with Crippen LogP contribution in [-0.2, 0) is 4.79 Å². The first-order chi connectivity index (χ1) is 13.4. The number of urea groups is 1. The van der Waals surface area contributed by atoms with Crippen LogP contribution in [-0.4, -0.2) is 16.9 Å².